The normalized spacial score (nSPS) is 12.8. The van der Waals surface area contributed by atoms with Crippen molar-refractivity contribution in [1.82, 2.24) is 0 Å². The highest BCUT2D eigenvalue weighted by atomic mass is 35.5. The molecular weight excluding hydrogens is 266 g/mol. The first-order valence-electron chi connectivity index (χ1n) is 4.87. The van der Waals surface area contributed by atoms with Crippen molar-refractivity contribution in [1.29, 1.82) is 0 Å². The van der Waals surface area contributed by atoms with Crippen molar-refractivity contribution in [3.05, 3.63) is 56.2 Å². The highest BCUT2D eigenvalue weighted by Crippen LogP contribution is 2.34. The van der Waals surface area contributed by atoms with E-state index in [2.05, 4.69) is 0 Å². The van der Waals surface area contributed by atoms with E-state index in [1.165, 1.54) is 18.3 Å². The Bertz CT molecular complexity index is 553. The first-order valence-corrected chi connectivity index (χ1v) is 6.13. The van der Waals surface area contributed by atoms with Crippen LogP contribution < -0.4 is 0 Å². The minimum atomic E-state index is -1.24. The van der Waals surface area contributed by atoms with Gasteiger partial charge in [-0.05, 0) is 36.1 Å². The van der Waals surface area contributed by atoms with Gasteiger partial charge in [-0.2, -0.15) is 0 Å². The SMILES string of the molecule is Cc1cc(F)c(C(O)c2sccc2Cl)cc1F. The minimum absolute atomic E-state index is 0.0996. The summed E-state index contributed by atoms with van der Waals surface area (Å²) in [5, 5.41) is 12.0. The van der Waals surface area contributed by atoms with Crippen LogP contribution in [-0.2, 0) is 0 Å². The summed E-state index contributed by atoms with van der Waals surface area (Å²) in [6.45, 7) is 1.46. The fraction of sp³-hybridized carbons (Fsp3) is 0.167. The third-order valence-electron chi connectivity index (χ3n) is 2.47. The van der Waals surface area contributed by atoms with Crippen molar-refractivity contribution in [2.24, 2.45) is 0 Å². The van der Waals surface area contributed by atoms with E-state index < -0.39 is 17.7 Å². The van der Waals surface area contributed by atoms with Crippen molar-refractivity contribution < 1.29 is 13.9 Å². The van der Waals surface area contributed by atoms with Crippen molar-refractivity contribution in [2.45, 2.75) is 13.0 Å². The summed E-state index contributed by atoms with van der Waals surface area (Å²) in [6.07, 6.45) is -1.24. The van der Waals surface area contributed by atoms with Gasteiger partial charge < -0.3 is 5.11 Å². The van der Waals surface area contributed by atoms with Crippen LogP contribution in [0.15, 0.2) is 23.6 Å². The summed E-state index contributed by atoms with van der Waals surface area (Å²) in [5.41, 5.74) is 0.105. The monoisotopic (exact) mass is 274 g/mol. The molecule has 0 aliphatic carbocycles. The highest BCUT2D eigenvalue weighted by Gasteiger charge is 2.20. The van der Waals surface area contributed by atoms with Crippen LogP contribution in [0, 0.1) is 18.6 Å². The van der Waals surface area contributed by atoms with Gasteiger partial charge in [0, 0.05) is 5.56 Å². The van der Waals surface area contributed by atoms with Crippen LogP contribution in [0.4, 0.5) is 8.78 Å². The summed E-state index contributed by atoms with van der Waals surface area (Å²) in [7, 11) is 0. The Labute approximate surface area is 106 Å². The summed E-state index contributed by atoms with van der Waals surface area (Å²) in [4.78, 5) is 0.411. The second-order valence-corrected chi connectivity index (χ2v) is 5.01. The molecule has 0 radical (unpaired) electrons. The average molecular weight is 275 g/mol. The Kier molecular flexibility index (Phi) is 3.47. The van der Waals surface area contributed by atoms with Gasteiger partial charge in [0.1, 0.15) is 17.7 Å². The lowest BCUT2D eigenvalue weighted by Gasteiger charge is -2.12. The van der Waals surface area contributed by atoms with Crippen LogP contribution in [0.25, 0.3) is 0 Å². The molecule has 2 rings (SSSR count). The molecule has 0 bridgehead atoms. The number of hydrogen-bond donors (Lipinski definition) is 1. The molecule has 0 aliphatic heterocycles. The van der Waals surface area contributed by atoms with Gasteiger partial charge in [-0.15, -0.1) is 11.3 Å². The van der Waals surface area contributed by atoms with E-state index in [1.54, 1.807) is 11.4 Å². The smallest absolute Gasteiger partial charge is 0.129 e. The fourth-order valence-electron chi connectivity index (χ4n) is 1.51. The molecule has 0 spiro atoms. The molecule has 5 heteroatoms. The number of aryl methyl sites for hydroxylation is 1. The molecule has 1 aromatic carbocycles. The standard InChI is InChI=1S/C12H9ClF2OS/c1-6-4-10(15)7(5-9(6)14)11(16)12-8(13)2-3-17-12/h2-5,11,16H,1H3. The Balaban J connectivity index is 2.48. The Morgan fingerprint density at radius 1 is 1.29 bits per heavy atom. The molecule has 17 heavy (non-hydrogen) atoms. The van der Waals surface area contributed by atoms with Crippen LogP contribution in [-0.4, -0.2) is 5.11 Å². The van der Waals surface area contributed by atoms with E-state index in [9.17, 15) is 13.9 Å². The Morgan fingerprint density at radius 2 is 2.00 bits per heavy atom. The zero-order valence-corrected chi connectivity index (χ0v) is 10.4. The number of benzene rings is 1. The zero-order chi connectivity index (χ0) is 12.6. The largest absolute Gasteiger partial charge is 0.383 e. The number of hydrogen-bond acceptors (Lipinski definition) is 2. The molecule has 1 nitrogen and oxygen atoms in total. The molecular formula is C12H9ClF2OS. The maximum Gasteiger partial charge on any atom is 0.129 e. The van der Waals surface area contributed by atoms with E-state index >= 15 is 0 Å². The second-order valence-electron chi connectivity index (χ2n) is 3.66. The molecule has 0 saturated heterocycles. The summed E-state index contributed by atoms with van der Waals surface area (Å²) >= 11 is 7.04. The van der Waals surface area contributed by atoms with Crippen molar-refractivity contribution in [2.75, 3.05) is 0 Å². The van der Waals surface area contributed by atoms with Gasteiger partial charge in [0.25, 0.3) is 0 Å². The second kappa shape index (κ2) is 4.72. The summed E-state index contributed by atoms with van der Waals surface area (Å²) < 4.78 is 27.0. The number of halogens is 3. The van der Waals surface area contributed by atoms with E-state index in [0.717, 1.165) is 12.1 Å². The lowest BCUT2D eigenvalue weighted by molar-refractivity contribution is 0.218. The molecule has 90 valence electrons. The number of aliphatic hydroxyl groups excluding tert-OH is 1. The maximum atomic E-state index is 13.6. The third kappa shape index (κ3) is 2.34. The van der Waals surface area contributed by atoms with Crippen molar-refractivity contribution in [3.63, 3.8) is 0 Å². The predicted molar refractivity (Wildman–Crippen MR) is 64.5 cm³/mol. The van der Waals surface area contributed by atoms with Crippen LogP contribution in [0.1, 0.15) is 22.1 Å². The molecule has 1 unspecified atom stereocenters. The van der Waals surface area contributed by atoms with Crippen LogP contribution in [0.2, 0.25) is 5.02 Å². The molecule has 0 saturated carbocycles. The van der Waals surface area contributed by atoms with Gasteiger partial charge >= 0.3 is 0 Å². The Morgan fingerprint density at radius 3 is 2.59 bits per heavy atom. The van der Waals surface area contributed by atoms with Gasteiger partial charge in [-0.3, -0.25) is 0 Å². The van der Waals surface area contributed by atoms with Gasteiger partial charge in [-0.25, -0.2) is 8.78 Å². The summed E-state index contributed by atoms with van der Waals surface area (Å²) in [6, 6.07) is 3.67. The third-order valence-corrected chi connectivity index (χ3v) is 3.88. The molecule has 2 aromatic rings. The molecule has 0 amide bonds. The van der Waals surface area contributed by atoms with Gasteiger partial charge in [0.2, 0.25) is 0 Å². The highest BCUT2D eigenvalue weighted by molar-refractivity contribution is 7.10. The predicted octanol–water partition coefficient (Wildman–Crippen LogP) is 4.07. The average Bonchev–Trinajstić information content (AvgIpc) is 2.69. The van der Waals surface area contributed by atoms with Gasteiger partial charge in [0.05, 0.1) is 9.90 Å². The van der Waals surface area contributed by atoms with E-state index in [4.69, 9.17) is 11.6 Å². The summed E-state index contributed by atoms with van der Waals surface area (Å²) in [5.74, 6) is -1.19. The lowest BCUT2D eigenvalue weighted by atomic mass is 10.0. The maximum absolute atomic E-state index is 13.6. The number of rotatable bonds is 2. The fourth-order valence-corrected chi connectivity index (χ4v) is 2.67. The first kappa shape index (κ1) is 12.5. The molecule has 1 atom stereocenters. The van der Waals surface area contributed by atoms with Gasteiger partial charge in [-0.1, -0.05) is 11.6 Å². The minimum Gasteiger partial charge on any atom is -0.383 e. The first-order chi connectivity index (χ1) is 8.00. The van der Waals surface area contributed by atoms with Crippen molar-refractivity contribution in [3.8, 4) is 0 Å². The number of aliphatic hydroxyl groups is 1. The van der Waals surface area contributed by atoms with E-state index in [1.807, 2.05) is 0 Å². The molecule has 0 fully saturated rings. The number of thiophene rings is 1. The molecule has 1 N–H and O–H groups in total. The van der Waals surface area contributed by atoms with E-state index in [0.29, 0.717) is 9.90 Å². The quantitative estimate of drug-likeness (QED) is 0.875. The van der Waals surface area contributed by atoms with Crippen LogP contribution in [0.3, 0.4) is 0 Å². The van der Waals surface area contributed by atoms with Crippen molar-refractivity contribution >= 4 is 22.9 Å². The molecule has 1 aromatic heterocycles. The van der Waals surface area contributed by atoms with Crippen LogP contribution in [0.5, 0.6) is 0 Å². The van der Waals surface area contributed by atoms with Crippen LogP contribution >= 0.6 is 22.9 Å². The van der Waals surface area contributed by atoms with Gasteiger partial charge in [0.15, 0.2) is 0 Å². The topological polar surface area (TPSA) is 20.2 Å². The molecule has 0 aliphatic rings. The molecule has 1 heterocycles. The lowest BCUT2D eigenvalue weighted by Crippen LogP contribution is -2.03. The van der Waals surface area contributed by atoms with E-state index in [-0.39, 0.29) is 11.1 Å². The zero-order valence-electron chi connectivity index (χ0n) is 8.88. The Hall–Kier alpha value is -0.970.